The molecule has 5 nitrogen and oxygen atoms in total. The fourth-order valence-corrected chi connectivity index (χ4v) is 1.95. The van der Waals surface area contributed by atoms with Gasteiger partial charge in [-0.05, 0) is 40.0 Å². The highest BCUT2D eigenvalue weighted by molar-refractivity contribution is 9.10. The molecule has 0 bridgehead atoms. The Morgan fingerprint density at radius 3 is 2.76 bits per heavy atom. The van der Waals surface area contributed by atoms with Gasteiger partial charge in [0.25, 0.3) is 5.91 Å². The van der Waals surface area contributed by atoms with E-state index in [0.29, 0.717) is 24.6 Å². The molecule has 21 heavy (non-hydrogen) atoms. The molecule has 1 aromatic heterocycles. The quantitative estimate of drug-likeness (QED) is 0.841. The zero-order valence-corrected chi connectivity index (χ0v) is 13.4. The van der Waals surface area contributed by atoms with Gasteiger partial charge in [0.1, 0.15) is 0 Å². The lowest BCUT2D eigenvalue weighted by atomic mass is 10.1. The maximum absolute atomic E-state index is 11.9. The van der Waals surface area contributed by atoms with Gasteiger partial charge < -0.3 is 10.6 Å². The number of hydrogen-bond donors (Lipinski definition) is 2. The maximum atomic E-state index is 11.9. The van der Waals surface area contributed by atoms with E-state index in [4.69, 9.17) is 0 Å². The van der Waals surface area contributed by atoms with Crippen molar-refractivity contribution in [3.63, 3.8) is 0 Å². The van der Waals surface area contributed by atoms with Crippen LogP contribution in [0.3, 0.4) is 0 Å². The van der Waals surface area contributed by atoms with E-state index in [0.717, 1.165) is 16.5 Å². The summed E-state index contributed by atoms with van der Waals surface area (Å²) in [5, 5.41) is 5.99. The number of nitrogens with one attached hydrogen (secondary N) is 2. The molecule has 2 aromatic rings. The zero-order chi connectivity index (χ0) is 15.1. The van der Waals surface area contributed by atoms with Crippen LogP contribution in [0.2, 0.25) is 0 Å². The van der Waals surface area contributed by atoms with Crippen LogP contribution in [0.25, 0.3) is 0 Å². The number of anilines is 1. The van der Waals surface area contributed by atoms with Crippen molar-refractivity contribution in [1.29, 1.82) is 0 Å². The number of halogens is 1. The number of amides is 1. The Morgan fingerprint density at radius 2 is 2.05 bits per heavy atom. The van der Waals surface area contributed by atoms with E-state index in [1.165, 1.54) is 0 Å². The summed E-state index contributed by atoms with van der Waals surface area (Å²) in [6.45, 7) is 3.28. The number of carbonyl (C=O) groups excluding carboxylic acids is 1. The zero-order valence-electron chi connectivity index (χ0n) is 11.8. The molecule has 1 aromatic carbocycles. The van der Waals surface area contributed by atoms with Gasteiger partial charge in [-0.1, -0.05) is 19.1 Å². The van der Waals surface area contributed by atoms with Crippen molar-refractivity contribution >= 4 is 27.8 Å². The van der Waals surface area contributed by atoms with Crippen molar-refractivity contribution in [2.75, 3.05) is 11.9 Å². The average molecular weight is 349 g/mol. The van der Waals surface area contributed by atoms with E-state index in [1.807, 2.05) is 31.2 Å². The molecule has 0 atom stereocenters. The van der Waals surface area contributed by atoms with E-state index >= 15 is 0 Å². The summed E-state index contributed by atoms with van der Waals surface area (Å²) in [5.41, 5.74) is 1.67. The Hall–Kier alpha value is -1.95. The number of benzene rings is 1. The molecule has 0 aliphatic heterocycles. The Morgan fingerprint density at radius 1 is 1.29 bits per heavy atom. The molecule has 0 saturated carbocycles. The van der Waals surface area contributed by atoms with E-state index in [1.54, 1.807) is 12.4 Å². The van der Waals surface area contributed by atoms with E-state index < -0.39 is 0 Å². The second kappa shape index (κ2) is 7.73. The molecule has 0 saturated heterocycles. The first kappa shape index (κ1) is 15.4. The largest absolute Gasteiger partial charge is 0.352 e. The molecule has 6 heteroatoms. The first-order valence-corrected chi connectivity index (χ1v) is 7.57. The number of rotatable bonds is 6. The van der Waals surface area contributed by atoms with Gasteiger partial charge in [0.05, 0.1) is 4.47 Å². The molecule has 0 aliphatic carbocycles. The minimum absolute atomic E-state index is 0.0430. The molecule has 110 valence electrons. The van der Waals surface area contributed by atoms with Gasteiger partial charge in [-0.15, -0.1) is 0 Å². The summed E-state index contributed by atoms with van der Waals surface area (Å²) in [7, 11) is 0. The average Bonchev–Trinajstić information content (AvgIpc) is 2.52. The number of hydrogen-bond acceptors (Lipinski definition) is 4. The van der Waals surface area contributed by atoms with Crippen LogP contribution in [0.1, 0.15) is 29.3 Å². The van der Waals surface area contributed by atoms with Crippen LogP contribution in [-0.4, -0.2) is 22.4 Å². The van der Waals surface area contributed by atoms with Gasteiger partial charge in [-0.3, -0.25) is 4.79 Å². The Bertz CT molecular complexity index is 601. The lowest BCUT2D eigenvalue weighted by Gasteiger charge is -2.07. The van der Waals surface area contributed by atoms with Gasteiger partial charge in [0, 0.05) is 31.0 Å². The van der Waals surface area contributed by atoms with Gasteiger partial charge in [0.2, 0.25) is 5.95 Å². The molecule has 0 unspecified atom stereocenters. The molecular weight excluding hydrogens is 332 g/mol. The van der Waals surface area contributed by atoms with Gasteiger partial charge in [-0.2, -0.15) is 0 Å². The second-order valence-corrected chi connectivity index (χ2v) is 5.45. The molecule has 1 amide bonds. The van der Waals surface area contributed by atoms with Crippen LogP contribution in [0, 0.1) is 0 Å². The normalized spacial score (nSPS) is 10.2. The highest BCUT2D eigenvalue weighted by atomic mass is 79.9. The molecule has 2 N–H and O–H groups in total. The van der Waals surface area contributed by atoms with Crippen molar-refractivity contribution in [2.45, 2.75) is 19.9 Å². The lowest BCUT2D eigenvalue weighted by molar-refractivity contribution is 0.0953. The molecule has 0 spiro atoms. The standard InChI is InChI=1S/C15H17BrN4O/c1-2-6-17-14(21)12-5-3-4-11(7-12)8-18-15-19-9-13(16)10-20-15/h3-5,7,9-10H,2,6,8H2,1H3,(H,17,21)(H,18,19,20). The van der Waals surface area contributed by atoms with Crippen molar-refractivity contribution < 1.29 is 4.79 Å². The highest BCUT2D eigenvalue weighted by Crippen LogP contribution is 2.10. The van der Waals surface area contributed by atoms with Gasteiger partial charge >= 0.3 is 0 Å². The first-order valence-electron chi connectivity index (χ1n) is 6.77. The molecule has 1 heterocycles. The predicted molar refractivity (Wildman–Crippen MR) is 86.1 cm³/mol. The monoisotopic (exact) mass is 348 g/mol. The minimum atomic E-state index is -0.0430. The van der Waals surface area contributed by atoms with Crippen molar-refractivity contribution in [3.8, 4) is 0 Å². The summed E-state index contributed by atoms with van der Waals surface area (Å²) in [6, 6.07) is 7.52. The fourth-order valence-electron chi connectivity index (χ4n) is 1.75. The number of carbonyl (C=O) groups is 1. The Balaban J connectivity index is 1.97. The van der Waals surface area contributed by atoms with Crippen LogP contribution in [0.4, 0.5) is 5.95 Å². The number of nitrogens with zero attached hydrogens (tertiary/aromatic N) is 2. The van der Waals surface area contributed by atoms with Crippen LogP contribution >= 0.6 is 15.9 Å². The van der Waals surface area contributed by atoms with Crippen LogP contribution < -0.4 is 10.6 Å². The molecule has 0 fully saturated rings. The summed E-state index contributed by atoms with van der Waals surface area (Å²) in [5.74, 6) is 0.512. The minimum Gasteiger partial charge on any atom is -0.352 e. The van der Waals surface area contributed by atoms with Gasteiger partial charge in [-0.25, -0.2) is 9.97 Å². The summed E-state index contributed by atoms with van der Waals surface area (Å²) >= 11 is 3.29. The Labute approximate surface area is 132 Å². The van der Waals surface area contributed by atoms with E-state index in [9.17, 15) is 4.79 Å². The Kier molecular flexibility index (Phi) is 5.68. The fraction of sp³-hybridized carbons (Fsp3) is 0.267. The lowest BCUT2D eigenvalue weighted by Crippen LogP contribution is -2.24. The summed E-state index contributed by atoms with van der Waals surface area (Å²) in [4.78, 5) is 20.2. The van der Waals surface area contributed by atoms with Gasteiger partial charge in [0.15, 0.2) is 0 Å². The number of aromatic nitrogens is 2. The van der Waals surface area contributed by atoms with Crippen molar-refractivity contribution in [3.05, 3.63) is 52.3 Å². The third-order valence-electron chi connectivity index (χ3n) is 2.80. The third-order valence-corrected chi connectivity index (χ3v) is 3.21. The van der Waals surface area contributed by atoms with Crippen LogP contribution in [0.15, 0.2) is 41.1 Å². The van der Waals surface area contributed by atoms with Crippen LogP contribution in [0.5, 0.6) is 0 Å². The smallest absolute Gasteiger partial charge is 0.251 e. The highest BCUT2D eigenvalue weighted by Gasteiger charge is 2.05. The van der Waals surface area contributed by atoms with Crippen LogP contribution in [-0.2, 0) is 6.54 Å². The SMILES string of the molecule is CCCNC(=O)c1cccc(CNc2ncc(Br)cn2)c1. The second-order valence-electron chi connectivity index (χ2n) is 4.53. The third kappa shape index (κ3) is 4.82. The summed E-state index contributed by atoms with van der Waals surface area (Å²) in [6.07, 6.45) is 4.29. The summed E-state index contributed by atoms with van der Waals surface area (Å²) < 4.78 is 0.836. The molecule has 0 aliphatic rings. The molecular formula is C15H17BrN4O. The van der Waals surface area contributed by atoms with Crippen molar-refractivity contribution in [2.24, 2.45) is 0 Å². The predicted octanol–water partition coefficient (Wildman–Crippen LogP) is 2.99. The molecule has 2 rings (SSSR count). The van der Waals surface area contributed by atoms with E-state index in [-0.39, 0.29) is 5.91 Å². The van der Waals surface area contributed by atoms with E-state index in [2.05, 4.69) is 36.5 Å². The first-order chi connectivity index (χ1) is 10.2. The maximum Gasteiger partial charge on any atom is 0.251 e. The van der Waals surface area contributed by atoms with Crippen molar-refractivity contribution in [1.82, 2.24) is 15.3 Å². The topological polar surface area (TPSA) is 66.9 Å². The molecule has 0 radical (unpaired) electrons.